The van der Waals surface area contributed by atoms with Crippen LogP contribution in [0, 0.1) is 23.6 Å². The van der Waals surface area contributed by atoms with Crippen LogP contribution in [0.25, 0.3) is 15.9 Å². The first kappa shape index (κ1) is 20.0. The van der Waals surface area contributed by atoms with Crippen molar-refractivity contribution in [2.24, 2.45) is 5.92 Å². The Balaban J connectivity index is 1.25. The Morgan fingerprint density at radius 3 is 2.66 bits per heavy atom. The third-order valence-electron chi connectivity index (χ3n) is 6.95. The third kappa shape index (κ3) is 3.62. The van der Waals surface area contributed by atoms with E-state index in [0.717, 1.165) is 30.6 Å². The Morgan fingerprint density at radius 1 is 1.16 bits per heavy atom. The highest BCUT2D eigenvalue weighted by molar-refractivity contribution is 7.19. The summed E-state index contributed by atoms with van der Waals surface area (Å²) < 4.78 is 22.9. The molecule has 0 unspecified atom stereocenters. The van der Waals surface area contributed by atoms with E-state index in [1.807, 2.05) is 6.07 Å². The first-order chi connectivity index (χ1) is 15.5. The summed E-state index contributed by atoms with van der Waals surface area (Å²) in [5, 5.41) is 0. The molecule has 2 aromatic heterocycles. The van der Waals surface area contributed by atoms with E-state index in [-0.39, 0.29) is 17.4 Å². The van der Waals surface area contributed by atoms with Gasteiger partial charge in [-0.3, -0.25) is 9.36 Å². The number of hydrogen-bond acceptors (Lipinski definition) is 5. The van der Waals surface area contributed by atoms with Gasteiger partial charge in [0.25, 0.3) is 5.56 Å². The van der Waals surface area contributed by atoms with Crippen LogP contribution in [-0.2, 0) is 0 Å². The molecule has 164 valence electrons. The minimum Gasteiger partial charge on any atom is -0.490 e. The van der Waals surface area contributed by atoms with E-state index in [1.165, 1.54) is 41.1 Å². The van der Waals surface area contributed by atoms with Crippen LogP contribution in [0.1, 0.15) is 43.4 Å². The molecule has 6 rings (SSSR count). The molecule has 3 aromatic rings. The number of piperidine rings is 1. The van der Waals surface area contributed by atoms with E-state index in [0.29, 0.717) is 34.0 Å². The summed E-state index contributed by atoms with van der Waals surface area (Å²) >= 11 is 1.32. The fourth-order valence-electron chi connectivity index (χ4n) is 4.95. The SMILES string of the molecule is CN1[C@@H]2CC[C@H]1C[C@H](Oc1ccc(-n3cnc4cc(C#CC5CC5)sc4c3=O)c(F)c1)C2. The predicted octanol–water partition coefficient (Wildman–Crippen LogP) is 4.35. The number of benzene rings is 1. The van der Waals surface area contributed by atoms with Gasteiger partial charge in [0.05, 0.1) is 16.1 Å². The molecule has 2 saturated heterocycles. The van der Waals surface area contributed by atoms with Crippen molar-refractivity contribution in [1.82, 2.24) is 14.5 Å². The van der Waals surface area contributed by atoms with Crippen LogP contribution < -0.4 is 10.3 Å². The van der Waals surface area contributed by atoms with E-state index >= 15 is 4.39 Å². The summed E-state index contributed by atoms with van der Waals surface area (Å²) in [6.45, 7) is 0. The van der Waals surface area contributed by atoms with Gasteiger partial charge in [-0.25, -0.2) is 9.37 Å². The fourth-order valence-corrected chi connectivity index (χ4v) is 5.86. The Kier molecular flexibility index (Phi) is 4.81. The first-order valence-corrected chi connectivity index (χ1v) is 12.1. The second-order valence-corrected chi connectivity index (χ2v) is 10.2. The lowest BCUT2D eigenvalue weighted by Gasteiger charge is -2.36. The highest BCUT2D eigenvalue weighted by Gasteiger charge is 2.39. The van der Waals surface area contributed by atoms with Gasteiger partial charge in [0, 0.05) is 24.1 Å². The molecule has 1 aliphatic carbocycles. The Labute approximate surface area is 189 Å². The summed E-state index contributed by atoms with van der Waals surface area (Å²) in [6.07, 6.45) is 8.18. The number of ether oxygens (including phenoxy) is 1. The minimum absolute atomic E-state index is 0.107. The van der Waals surface area contributed by atoms with Gasteiger partial charge in [0.15, 0.2) is 5.82 Å². The molecule has 2 bridgehead atoms. The summed E-state index contributed by atoms with van der Waals surface area (Å²) in [6, 6.07) is 7.68. The molecule has 3 fully saturated rings. The molecule has 32 heavy (non-hydrogen) atoms. The molecule has 1 aromatic carbocycles. The molecule has 3 aliphatic rings. The van der Waals surface area contributed by atoms with E-state index in [9.17, 15) is 4.79 Å². The average Bonchev–Trinajstić information content (AvgIpc) is 3.47. The molecular formula is C25H24FN3O2S. The van der Waals surface area contributed by atoms with Gasteiger partial charge < -0.3 is 9.64 Å². The van der Waals surface area contributed by atoms with Crippen molar-refractivity contribution in [3.8, 4) is 23.3 Å². The molecule has 5 nitrogen and oxygen atoms in total. The van der Waals surface area contributed by atoms with Crippen LogP contribution >= 0.6 is 11.3 Å². The lowest BCUT2D eigenvalue weighted by atomic mass is 10.0. The molecule has 0 amide bonds. The Hall–Kier alpha value is -2.69. The van der Waals surface area contributed by atoms with Crippen molar-refractivity contribution in [2.45, 2.75) is 56.7 Å². The van der Waals surface area contributed by atoms with E-state index < -0.39 is 5.82 Å². The standard InChI is InChI=1S/C25H24FN3O2S/c1-28-16-5-6-17(28)11-19(10-16)31-18-7-9-23(21(26)12-18)29-14-27-22-13-20(8-4-15-2-3-15)32-24(22)25(29)30/h7,9,12-17,19H,2-3,5-6,10-11H2,1H3/t16-,17+,19-. The maximum Gasteiger partial charge on any atom is 0.275 e. The highest BCUT2D eigenvalue weighted by Crippen LogP contribution is 2.36. The monoisotopic (exact) mass is 449 g/mol. The van der Waals surface area contributed by atoms with Crippen LogP contribution in [0.4, 0.5) is 4.39 Å². The quantitative estimate of drug-likeness (QED) is 0.558. The van der Waals surface area contributed by atoms with Crippen molar-refractivity contribution in [2.75, 3.05) is 7.05 Å². The number of halogens is 1. The first-order valence-electron chi connectivity index (χ1n) is 11.3. The number of aromatic nitrogens is 2. The van der Waals surface area contributed by atoms with Crippen molar-refractivity contribution >= 4 is 21.6 Å². The van der Waals surface area contributed by atoms with Gasteiger partial charge in [-0.05, 0) is 63.8 Å². The van der Waals surface area contributed by atoms with Gasteiger partial charge in [-0.1, -0.05) is 11.8 Å². The molecule has 1 saturated carbocycles. The van der Waals surface area contributed by atoms with E-state index in [1.54, 1.807) is 12.1 Å². The molecular weight excluding hydrogens is 425 g/mol. The molecule has 7 heteroatoms. The van der Waals surface area contributed by atoms with Crippen molar-refractivity contribution in [1.29, 1.82) is 0 Å². The van der Waals surface area contributed by atoms with Crippen LogP contribution in [-0.4, -0.2) is 39.7 Å². The number of hydrogen-bond donors (Lipinski definition) is 0. The van der Waals surface area contributed by atoms with Crippen molar-refractivity contribution in [3.05, 3.63) is 51.6 Å². The second kappa shape index (κ2) is 7.72. The van der Waals surface area contributed by atoms with Crippen LogP contribution in [0.2, 0.25) is 0 Å². The topological polar surface area (TPSA) is 47.4 Å². The van der Waals surface area contributed by atoms with Gasteiger partial charge in [0.2, 0.25) is 0 Å². The number of nitrogens with zero attached hydrogens (tertiary/aromatic N) is 3. The fraction of sp³-hybridized carbons (Fsp3) is 0.440. The van der Waals surface area contributed by atoms with E-state index in [4.69, 9.17) is 4.74 Å². The van der Waals surface area contributed by atoms with Gasteiger partial charge in [0.1, 0.15) is 22.9 Å². The minimum atomic E-state index is -0.494. The Morgan fingerprint density at radius 2 is 1.94 bits per heavy atom. The lowest BCUT2D eigenvalue weighted by molar-refractivity contribution is 0.0660. The largest absolute Gasteiger partial charge is 0.490 e. The van der Waals surface area contributed by atoms with Gasteiger partial charge >= 0.3 is 0 Å². The molecule has 4 heterocycles. The zero-order valence-corrected chi connectivity index (χ0v) is 18.7. The Bertz CT molecular complexity index is 1300. The summed E-state index contributed by atoms with van der Waals surface area (Å²) in [4.78, 5) is 20.7. The zero-order valence-electron chi connectivity index (χ0n) is 17.9. The van der Waals surface area contributed by atoms with Crippen LogP contribution in [0.5, 0.6) is 5.75 Å². The number of rotatable bonds is 3. The van der Waals surface area contributed by atoms with Gasteiger partial charge in [-0.15, -0.1) is 11.3 Å². The zero-order chi connectivity index (χ0) is 21.8. The van der Waals surface area contributed by atoms with Crippen LogP contribution in [0.3, 0.4) is 0 Å². The van der Waals surface area contributed by atoms with Crippen LogP contribution in [0.15, 0.2) is 35.4 Å². The summed E-state index contributed by atoms with van der Waals surface area (Å²) in [5.74, 6) is 6.85. The maximum absolute atomic E-state index is 15.0. The molecule has 0 spiro atoms. The number of fused-ring (bicyclic) bond motifs is 3. The molecule has 2 aliphatic heterocycles. The smallest absolute Gasteiger partial charge is 0.275 e. The highest BCUT2D eigenvalue weighted by atomic mass is 32.1. The average molecular weight is 450 g/mol. The molecule has 3 atom stereocenters. The molecule has 0 radical (unpaired) electrons. The summed E-state index contributed by atoms with van der Waals surface area (Å²) in [7, 11) is 2.19. The summed E-state index contributed by atoms with van der Waals surface area (Å²) in [5.41, 5.74) is 0.506. The maximum atomic E-state index is 15.0. The normalized spacial score (nSPS) is 25.0. The van der Waals surface area contributed by atoms with Crippen molar-refractivity contribution in [3.63, 3.8) is 0 Å². The second-order valence-electron chi connectivity index (χ2n) is 9.16. The third-order valence-corrected chi connectivity index (χ3v) is 7.98. The lowest BCUT2D eigenvalue weighted by Crippen LogP contribution is -2.43. The number of thiophene rings is 1. The van der Waals surface area contributed by atoms with Crippen molar-refractivity contribution < 1.29 is 9.13 Å². The van der Waals surface area contributed by atoms with Gasteiger partial charge in [-0.2, -0.15) is 0 Å². The molecule has 0 N–H and O–H groups in total. The predicted molar refractivity (Wildman–Crippen MR) is 123 cm³/mol. The van der Waals surface area contributed by atoms with E-state index in [2.05, 4.69) is 28.8 Å².